The monoisotopic (exact) mass is 125 g/mol. The van der Waals surface area contributed by atoms with E-state index in [1.165, 1.54) is 0 Å². The van der Waals surface area contributed by atoms with Crippen molar-refractivity contribution in [1.82, 2.24) is 14.8 Å². The maximum absolute atomic E-state index is 3.93. The molecule has 0 saturated carbocycles. The van der Waals surface area contributed by atoms with E-state index in [0.717, 1.165) is 5.82 Å². The normalized spacial score (nSPS) is 10.7. The molecule has 0 aromatic carbocycles. The molecule has 1 heterocycles. The number of aromatic nitrogens is 3. The van der Waals surface area contributed by atoms with Gasteiger partial charge in [0.15, 0.2) is 0 Å². The highest BCUT2D eigenvalue weighted by atomic mass is 15.2. The first-order chi connectivity index (χ1) is 4.22. The van der Waals surface area contributed by atoms with Gasteiger partial charge in [-0.3, -0.25) is 0 Å². The minimum atomic E-state index is 0.470. The van der Waals surface area contributed by atoms with E-state index in [1.807, 2.05) is 11.6 Å². The smallest absolute Gasteiger partial charge is 0.135 e. The van der Waals surface area contributed by atoms with Gasteiger partial charge in [-0.2, -0.15) is 0 Å². The number of rotatable bonds is 1. The molecule has 3 heteroatoms. The number of aryl methyl sites for hydroxylation is 1. The third-order valence-corrected chi connectivity index (χ3v) is 1.26. The fraction of sp³-hybridized carbons (Fsp3) is 0.667. The fourth-order valence-corrected chi connectivity index (χ4v) is 0.815. The van der Waals surface area contributed by atoms with Crippen molar-refractivity contribution in [3.63, 3.8) is 0 Å². The molecule has 0 fully saturated rings. The van der Waals surface area contributed by atoms with Crippen LogP contribution in [0.1, 0.15) is 25.6 Å². The van der Waals surface area contributed by atoms with Gasteiger partial charge in [-0.15, -0.1) is 10.2 Å². The van der Waals surface area contributed by atoms with Gasteiger partial charge in [0.1, 0.15) is 12.2 Å². The maximum atomic E-state index is 3.93. The van der Waals surface area contributed by atoms with E-state index >= 15 is 0 Å². The van der Waals surface area contributed by atoms with E-state index in [1.54, 1.807) is 6.33 Å². The average molecular weight is 125 g/mol. The van der Waals surface area contributed by atoms with Crippen LogP contribution < -0.4 is 0 Å². The second-order valence-corrected chi connectivity index (χ2v) is 2.45. The third kappa shape index (κ3) is 1.09. The maximum Gasteiger partial charge on any atom is 0.135 e. The predicted octanol–water partition coefficient (Wildman–Crippen LogP) is 0.939. The molecule has 0 atom stereocenters. The minimum Gasteiger partial charge on any atom is -0.321 e. The Labute approximate surface area is 54.7 Å². The summed E-state index contributed by atoms with van der Waals surface area (Å²) in [6.45, 7) is 4.20. The molecule has 9 heavy (non-hydrogen) atoms. The van der Waals surface area contributed by atoms with Gasteiger partial charge in [0.2, 0.25) is 0 Å². The number of hydrogen-bond donors (Lipinski definition) is 0. The van der Waals surface area contributed by atoms with Crippen molar-refractivity contribution in [2.45, 2.75) is 19.8 Å². The topological polar surface area (TPSA) is 30.7 Å². The SMILES string of the molecule is CC(C)c1nncn1C. The van der Waals surface area contributed by atoms with Crippen LogP contribution in [0.25, 0.3) is 0 Å². The summed E-state index contributed by atoms with van der Waals surface area (Å²) in [4.78, 5) is 0. The zero-order valence-electron chi connectivity index (χ0n) is 6.00. The minimum absolute atomic E-state index is 0.470. The van der Waals surface area contributed by atoms with Crippen LogP contribution in [0.3, 0.4) is 0 Å². The van der Waals surface area contributed by atoms with Gasteiger partial charge in [0.25, 0.3) is 0 Å². The fourth-order valence-electron chi connectivity index (χ4n) is 0.815. The Morgan fingerprint density at radius 3 is 2.44 bits per heavy atom. The standard InChI is InChI=1S/C6H11N3/c1-5(2)6-8-7-4-9(6)3/h4-5H,1-3H3. The van der Waals surface area contributed by atoms with Gasteiger partial charge in [-0.25, -0.2) is 0 Å². The molecule has 0 unspecified atom stereocenters. The van der Waals surface area contributed by atoms with Crippen LogP contribution in [-0.2, 0) is 7.05 Å². The quantitative estimate of drug-likeness (QED) is 0.559. The van der Waals surface area contributed by atoms with E-state index < -0.39 is 0 Å². The second-order valence-electron chi connectivity index (χ2n) is 2.45. The molecule has 0 bridgehead atoms. The Morgan fingerprint density at radius 1 is 1.56 bits per heavy atom. The van der Waals surface area contributed by atoms with Gasteiger partial charge < -0.3 is 4.57 Å². The van der Waals surface area contributed by atoms with Gasteiger partial charge in [0.05, 0.1) is 0 Å². The molecule has 3 nitrogen and oxygen atoms in total. The molecule has 0 amide bonds. The molecule has 1 aromatic heterocycles. The second kappa shape index (κ2) is 2.17. The Morgan fingerprint density at radius 2 is 2.22 bits per heavy atom. The molecule has 0 saturated heterocycles. The molecule has 0 radical (unpaired) electrons. The lowest BCUT2D eigenvalue weighted by Crippen LogP contribution is -1.98. The van der Waals surface area contributed by atoms with Gasteiger partial charge in [-0.05, 0) is 0 Å². The van der Waals surface area contributed by atoms with Crippen molar-refractivity contribution in [2.24, 2.45) is 7.05 Å². The first-order valence-electron chi connectivity index (χ1n) is 3.05. The molecular formula is C6H11N3. The van der Waals surface area contributed by atoms with Gasteiger partial charge in [-0.1, -0.05) is 13.8 Å². The van der Waals surface area contributed by atoms with Crippen molar-refractivity contribution >= 4 is 0 Å². The van der Waals surface area contributed by atoms with E-state index in [9.17, 15) is 0 Å². The summed E-state index contributed by atoms with van der Waals surface area (Å²) in [5, 5.41) is 7.68. The van der Waals surface area contributed by atoms with Gasteiger partial charge in [0, 0.05) is 13.0 Å². The highest BCUT2D eigenvalue weighted by Crippen LogP contribution is 2.07. The van der Waals surface area contributed by atoms with Crippen molar-refractivity contribution in [3.05, 3.63) is 12.2 Å². The Bertz CT molecular complexity index is 190. The predicted molar refractivity (Wildman–Crippen MR) is 35.1 cm³/mol. The molecule has 0 aliphatic carbocycles. The number of nitrogens with zero attached hydrogens (tertiary/aromatic N) is 3. The molecule has 1 aromatic rings. The summed E-state index contributed by atoms with van der Waals surface area (Å²) in [6.07, 6.45) is 1.72. The number of hydrogen-bond acceptors (Lipinski definition) is 2. The molecule has 0 N–H and O–H groups in total. The molecule has 0 aliphatic rings. The molecule has 1 rings (SSSR count). The first kappa shape index (κ1) is 6.26. The van der Waals surface area contributed by atoms with E-state index in [4.69, 9.17) is 0 Å². The largest absolute Gasteiger partial charge is 0.321 e. The summed E-state index contributed by atoms with van der Waals surface area (Å²) >= 11 is 0. The van der Waals surface area contributed by atoms with Crippen LogP contribution in [0.15, 0.2) is 6.33 Å². The van der Waals surface area contributed by atoms with E-state index in [-0.39, 0.29) is 0 Å². The zero-order chi connectivity index (χ0) is 6.85. The summed E-state index contributed by atoms with van der Waals surface area (Å²) in [7, 11) is 1.95. The van der Waals surface area contributed by atoms with E-state index in [2.05, 4.69) is 24.0 Å². The van der Waals surface area contributed by atoms with Crippen LogP contribution in [0, 0.1) is 0 Å². The van der Waals surface area contributed by atoms with Crippen molar-refractivity contribution in [2.75, 3.05) is 0 Å². The Hall–Kier alpha value is -0.860. The first-order valence-corrected chi connectivity index (χ1v) is 3.05. The van der Waals surface area contributed by atoms with Crippen LogP contribution in [-0.4, -0.2) is 14.8 Å². The summed E-state index contributed by atoms with van der Waals surface area (Å²) in [5.41, 5.74) is 0. The highest BCUT2D eigenvalue weighted by molar-refractivity contribution is 4.90. The Kier molecular flexibility index (Phi) is 1.51. The average Bonchev–Trinajstić information content (AvgIpc) is 2.13. The van der Waals surface area contributed by atoms with Gasteiger partial charge >= 0.3 is 0 Å². The molecular weight excluding hydrogens is 114 g/mol. The molecule has 50 valence electrons. The van der Waals surface area contributed by atoms with E-state index in [0.29, 0.717) is 5.92 Å². The highest BCUT2D eigenvalue weighted by Gasteiger charge is 2.03. The van der Waals surface area contributed by atoms with Crippen LogP contribution in [0.4, 0.5) is 0 Å². The zero-order valence-corrected chi connectivity index (χ0v) is 6.00. The molecule has 0 aliphatic heterocycles. The Balaban J connectivity index is 2.94. The summed E-state index contributed by atoms with van der Waals surface area (Å²) in [6, 6.07) is 0. The van der Waals surface area contributed by atoms with Crippen LogP contribution >= 0.6 is 0 Å². The van der Waals surface area contributed by atoms with Crippen molar-refractivity contribution in [3.8, 4) is 0 Å². The molecule has 0 spiro atoms. The van der Waals surface area contributed by atoms with Crippen LogP contribution in [0.2, 0.25) is 0 Å². The lowest BCUT2D eigenvalue weighted by molar-refractivity contribution is 0.708. The van der Waals surface area contributed by atoms with Crippen molar-refractivity contribution < 1.29 is 0 Å². The summed E-state index contributed by atoms with van der Waals surface area (Å²) in [5.74, 6) is 1.51. The lowest BCUT2D eigenvalue weighted by Gasteiger charge is -2.00. The summed E-state index contributed by atoms with van der Waals surface area (Å²) < 4.78 is 1.94. The van der Waals surface area contributed by atoms with Crippen LogP contribution in [0.5, 0.6) is 0 Å². The lowest BCUT2D eigenvalue weighted by atomic mass is 10.2. The van der Waals surface area contributed by atoms with Crippen molar-refractivity contribution in [1.29, 1.82) is 0 Å². The third-order valence-electron chi connectivity index (χ3n) is 1.26.